The highest BCUT2D eigenvalue weighted by atomic mass is 35.5. The van der Waals surface area contributed by atoms with Crippen LogP contribution in [0.15, 0.2) is 45.9 Å². The summed E-state index contributed by atoms with van der Waals surface area (Å²) in [5.74, 6) is -1.54. The lowest BCUT2D eigenvalue weighted by Crippen LogP contribution is -2.21. The Morgan fingerprint density at radius 1 is 1.28 bits per heavy atom. The van der Waals surface area contributed by atoms with Gasteiger partial charge in [0.05, 0.1) is 32.2 Å². The van der Waals surface area contributed by atoms with Gasteiger partial charge in [-0.1, -0.05) is 23.2 Å². The molecule has 10 nitrogen and oxygen atoms in total. The van der Waals surface area contributed by atoms with Crippen LogP contribution < -0.4 is 5.76 Å². The van der Waals surface area contributed by atoms with Crippen molar-refractivity contribution in [1.82, 2.24) is 14.0 Å². The molecule has 0 N–H and O–H groups in total. The van der Waals surface area contributed by atoms with Gasteiger partial charge in [-0.05, 0) is 12.1 Å². The number of esters is 1. The number of aromatic nitrogens is 3. The first-order valence-corrected chi connectivity index (χ1v) is 8.83. The molecule has 4 aromatic rings. The van der Waals surface area contributed by atoms with E-state index >= 15 is 0 Å². The number of halogens is 2. The maximum absolute atomic E-state index is 12.2. The fourth-order valence-electron chi connectivity index (χ4n) is 2.79. The van der Waals surface area contributed by atoms with Crippen LogP contribution in [-0.4, -0.2) is 24.8 Å². The molecule has 4 rings (SSSR count). The molecule has 0 bridgehead atoms. The minimum Gasteiger partial charge on any atom is -0.458 e. The average molecular weight is 437 g/mol. The molecule has 0 atom stereocenters. The summed E-state index contributed by atoms with van der Waals surface area (Å²) in [6.45, 7) is -0.575. The minimum atomic E-state index is -0.827. The highest BCUT2D eigenvalue weighted by Crippen LogP contribution is 2.22. The number of nitrogens with zero attached hydrogens (tertiary/aromatic N) is 4. The monoisotopic (exact) mass is 436 g/mol. The van der Waals surface area contributed by atoms with Crippen LogP contribution in [0.5, 0.6) is 0 Å². The van der Waals surface area contributed by atoms with Gasteiger partial charge in [-0.2, -0.15) is 0 Å². The third-order valence-corrected chi connectivity index (χ3v) is 4.54. The number of carbonyl (C=O) groups excluding carboxylic acids is 1. The van der Waals surface area contributed by atoms with Crippen LogP contribution in [-0.2, 0) is 22.7 Å². The Balaban J connectivity index is 1.50. The third-order valence-electron chi connectivity index (χ3n) is 4.05. The number of hydrogen-bond donors (Lipinski definition) is 0. The molecular weight excluding hydrogens is 427 g/mol. The zero-order valence-corrected chi connectivity index (χ0v) is 15.9. The second-order valence-corrected chi connectivity index (χ2v) is 6.84. The van der Waals surface area contributed by atoms with Crippen LogP contribution in [0.1, 0.15) is 5.69 Å². The van der Waals surface area contributed by atoms with Gasteiger partial charge in [0.2, 0.25) is 0 Å². The first-order valence-electron chi connectivity index (χ1n) is 8.08. The molecule has 0 radical (unpaired) electrons. The highest BCUT2D eigenvalue weighted by molar-refractivity contribution is 6.36. The minimum absolute atomic E-state index is 0.00358. The van der Waals surface area contributed by atoms with Crippen molar-refractivity contribution < 1.29 is 18.9 Å². The Bertz CT molecular complexity index is 1340. The normalized spacial score (nSPS) is 11.2. The van der Waals surface area contributed by atoms with Gasteiger partial charge in [0.1, 0.15) is 13.2 Å². The maximum atomic E-state index is 12.2. The SMILES string of the molecule is O=C(Cn1c(=O)oc2cc([N+](=O)[O-])ccc21)OCc1cn2cc(Cl)cc(Cl)c2n1. The van der Waals surface area contributed by atoms with E-state index in [9.17, 15) is 19.7 Å². The lowest BCUT2D eigenvalue weighted by atomic mass is 10.3. The van der Waals surface area contributed by atoms with Gasteiger partial charge < -0.3 is 13.6 Å². The molecule has 0 spiro atoms. The molecule has 0 aliphatic rings. The van der Waals surface area contributed by atoms with Crippen molar-refractivity contribution in [3.8, 4) is 0 Å². The van der Waals surface area contributed by atoms with Crippen molar-refractivity contribution in [2.75, 3.05) is 0 Å². The largest absolute Gasteiger partial charge is 0.458 e. The predicted octanol–water partition coefficient (Wildman–Crippen LogP) is 3.20. The van der Waals surface area contributed by atoms with Crippen molar-refractivity contribution in [2.24, 2.45) is 0 Å². The number of carbonyl (C=O) groups is 1. The van der Waals surface area contributed by atoms with Gasteiger partial charge in [0.25, 0.3) is 5.69 Å². The fourth-order valence-corrected chi connectivity index (χ4v) is 3.32. The van der Waals surface area contributed by atoms with E-state index in [1.54, 1.807) is 22.9 Å². The van der Waals surface area contributed by atoms with Gasteiger partial charge >= 0.3 is 11.7 Å². The van der Waals surface area contributed by atoms with E-state index < -0.39 is 23.2 Å². The first kappa shape index (κ1) is 19.0. The molecule has 29 heavy (non-hydrogen) atoms. The third kappa shape index (κ3) is 3.67. The molecule has 0 fully saturated rings. The summed E-state index contributed by atoms with van der Waals surface area (Å²) in [6.07, 6.45) is 3.22. The zero-order chi connectivity index (χ0) is 20.7. The number of fused-ring (bicyclic) bond motifs is 2. The maximum Gasteiger partial charge on any atom is 0.420 e. The lowest BCUT2D eigenvalue weighted by molar-refractivity contribution is -0.384. The van der Waals surface area contributed by atoms with E-state index in [2.05, 4.69) is 4.98 Å². The molecule has 0 aliphatic heterocycles. The molecule has 0 aliphatic carbocycles. The van der Waals surface area contributed by atoms with Crippen LogP contribution in [0.2, 0.25) is 10.0 Å². The number of ether oxygens (including phenoxy) is 1. The van der Waals surface area contributed by atoms with E-state index in [1.807, 2.05) is 0 Å². The van der Waals surface area contributed by atoms with Crippen molar-refractivity contribution in [2.45, 2.75) is 13.2 Å². The molecule has 0 unspecified atom stereocenters. The van der Waals surface area contributed by atoms with Crippen molar-refractivity contribution in [1.29, 1.82) is 0 Å². The van der Waals surface area contributed by atoms with Crippen molar-refractivity contribution in [3.05, 3.63) is 73.1 Å². The second kappa shape index (κ2) is 7.22. The number of imidazole rings is 1. The van der Waals surface area contributed by atoms with Crippen molar-refractivity contribution >= 4 is 51.6 Å². The van der Waals surface area contributed by atoms with E-state index in [-0.39, 0.29) is 23.4 Å². The molecule has 3 aromatic heterocycles. The number of pyridine rings is 1. The van der Waals surface area contributed by atoms with E-state index in [4.69, 9.17) is 32.4 Å². The number of nitro groups is 1. The molecule has 0 amide bonds. The number of benzene rings is 1. The van der Waals surface area contributed by atoms with Crippen LogP contribution in [0.4, 0.5) is 5.69 Å². The molecule has 148 valence electrons. The van der Waals surface area contributed by atoms with Gasteiger partial charge in [0, 0.05) is 18.5 Å². The summed E-state index contributed by atoms with van der Waals surface area (Å²) in [6, 6.07) is 5.20. The quantitative estimate of drug-likeness (QED) is 0.267. The zero-order valence-electron chi connectivity index (χ0n) is 14.4. The average Bonchev–Trinajstić information content (AvgIpc) is 3.20. The topological polar surface area (TPSA) is 122 Å². The Kier molecular flexibility index (Phi) is 4.73. The van der Waals surface area contributed by atoms with Gasteiger partial charge in [-0.15, -0.1) is 0 Å². The van der Waals surface area contributed by atoms with E-state index in [0.29, 0.717) is 21.4 Å². The summed E-state index contributed by atoms with van der Waals surface area (Å²) in [7, 11) is 0. The Morgan fingerprint density at radius 2 is 2.07 bits per heavy atom. The lowest BCUT2D eigenvalue weighted by Gasteiger charge is -2.03. The molecule has 12 heteroatoms. The summed E-state index contributed by atoms with van der Waals surface area (Å²) in [5.41, 5.74) is 0.908. The van der Waals surface area contributed by atoms with E-state index in [1.165, 1.54) is 12.1 Å². The molecule has 3 heterocycles. The standard InChI is InChI=1S/C17H10Cl2N4O6/c18-9-3-12(19)16-20-10(6-21(16)5-9)8-28-15(24)7-22-13-2-1-11(23(26)27)4-14(13)29-17(22)25/h1-6H,7-8H2. The molecule has 1 aromatic carbocycles. The highest BCUT2D eigenvalue weighted by Gasteiger charge is 2.17. The van der Waals surface area contributed by atoms with Gasteiger partial charge in [-0.25, -0.2) is 9.78 Å². The number of hydrogen-bond acceptors (Lipinski definition) is 7. The molecular formula is C17H10Cl2N4O6. The van der Waals surface area contributed by atoms with Crippen LogP contribution in [0, 0.1) is 10.1 Å². The predicted molar refractivity (Wildman–Crippen MR) is 102 cm³/mol. The van der Waals surface area contributed by atoms with Crippen LogP contribution >= 0.6 is 23.2 Å². The second-order valence-electron chi connectivity index (χ2n) is 5.99. The number of oxazole rings is 1. The Morgan fingerprint density at radius 3 is 2.83 bits per heavy atom. The fraction of sp³-hybridized carbons (Fsp3) is 0.118. The van der Waals surface area contributed by atoms with E-state index in [0.717, 1.165) is 10.6 Å². The Labute approximate surface area is 171 Å². The number of non-ortho nitro benzene ring substituents is 1. The number of nitro benzene ring substituents is 1. The summed E-state index contributed by atoms with van der Waals surface area (Å²) in [5, 5.41) is 11.6. The Hall–Kier alpha value is -3.37. The van der Waals surface area contributed by atoms with Gasteiger partial charge in [0.15, 0.2) is 11.2 Å². The smallest absolute Gasteiger partial charge is 0.420 e. The summed E-state index contributed by atoms with van der Waals surface area (Å²) >= 11 is 12.0. The summed E-state index contributed by atoms with van der Waals surface area (Å²) in [4.78, 5) is 38.6. The van der Waals surface area contributed by atoms with Crippen LogP contribution in [0.25, 0.3) is 16.7 Å². The van der Waals surface area contributed by atoms with Gasteiger partial charge in [-0.3, -0.25) is 19.5 Å². The number of rotatable bonds is 5. The van der Waals surface area contributed by atoms with Crippen molar-refractivity contribution in [3.63, 3.8) is 0 Å². The molecule has 0 saturated heterocycles. The summed E-state index contributed by atoms with van der Waals surface area (Å²) < 4.78 is 12.8. The molecule has 0 saturated carbocycles. The van der Waals surface area contributed by atoms with Crippen LogP contribution in [0.3, 0.4) is 0 Å². The first-order chi connectivity index (χ1) is 13.8.